The van der Waals surface area contributed by atoms with Crippen molar-refractivity contribution in [2.24, 2.45) is 0 Å². The summed E-state index contributed by atoms with van der Waals surface area (Å²) in [4.78, 5) is 16.4. The molecule has 0 saturated carbocycles. The van der Waals surface area contributed by atoms with Crippen LogP contribution < -0.4 is 5.48 Å². The monoisotopic (exact) mass is 286 g/mol. The van der Waals surface area contributed by atoms with E-state index >= 15 is 0 Å². The lowest BCUT2D eigenvalue weighted by atomic mass is 10.1. The SMILES string of the molecule is CONC(=O)c1cc(C)c(C)c(S(=O)(=O)N(C)C)c1. The highest BCUT2D eigenvalue weighted by atomic mass is 32.2. The summed E-state index contributed by atoms with van der Waals surface area (Å²) in [7, 11) is 0.628. The van der Waals surface area contributed by atoms with Crippen LogP contribution in [-0.4, -0.2) is 39.8 Å². The summed E-state index contributed by atoms with van der Waals surface area (Å²) in [6.07, 6.45) is 0. The molecule has 0 fully saturated rings. The molecule has 1 aromatic carbocycles. The molecule has 0 heterocycles. The maximum atomic E-state index is 12.2. The highest BCUT2D eigenvalue weighted by Crippen LogP contribution is 2.23. The summed E-state index contributed by atoms with van der Waals surface area (Å²) < 4.78 is 25.5. The third-order valence-electron chi connectivity index (χ3n) is 2.84. The van der Waals surface area contributed by atoms with E-state index in [-0.39, 0.29) is 10.5 Å². The summed E-state index contributed by atoms with van der Waals surface area (Å²) in [5, 5.41) is 0. The van der Waals surface area contributed by atoms with E-state index in [1.807, 2.05) is 0 Å². The lowest BCUT2D eigenvalue weighted by Crippen LogP contribution is -2.25. The van der Waals surface area contributed by atoms with Gasteiger partial charge in [-0.25, -0.2) is 18.2 Å². The second-order valence-electron chi connectivity index (χ2n) is 4.34. The topological polar surface area (TPSA) is 75.7 Å². The highest BCUT2D eigenvalue weighted by molar-refractivity contribution is 7.89. The predicted molar refractivity (Wildman–Crippen MR) is 71.3 cm³/mol. The molecule has 1 rings (SSSR count). The summed E-state index contributed by atoms with van der Waals surface area (Å²) in [5.74, 6) is -0.485. The molecule has 0 aliphatic rings. The number of nitrogens with one attached hydrogen (secondary N) is 1. The Hall–Kier alpha value is -1.44. The first-order valence-corrected chi connectivity index (χ1v) is 7.03. The third kappa shape index (κ3) is 3.12. The molecule has 0 aliphatic heterocycles. The number of aryl methyl sites for hydroxylation is 1. The molecule has 0 spiro atoms. The molecule has 1 aromatic rings. The molecule has 0 aromatic heterocycles. The largest absolute Gasteiger partial charge is 0.277 e. The molecule has 6 nitrogen and oxygen atoms in total. The molecule has 0 bridgehead atoms. The minimum atomic E-state index is -3.59. The first-order valence-electron chi connectivity index (χ1n) is 5.59. The molecule has 7 heteroatoms. The van der Waals surface area contributed by atoms with Gasteiger partial charge in [-0.15, -0.1) is 0 Å². The van der Waals surface area contributed by atoms with E-state index in [2.05, 4.69) is 10.3 Å². The van der Waals surface area contributed by atoms with Crippen molar-refractivity contribution in [3.8, 4) is 0 Å². The van der Waals surface area contributed by atoms with Gasteiger partial charge in [-0.3, -0.25) is 9.63 Å². The van der Waals surface area contributed by atoms with Gasteiger partial charge in [0.15, 0.2) is 0 Å². The standard InChI is InChI=1S/C12H18N2O4S/c1-8-6-10(12(15)13-18-5)7-11(9(8)2)19(16,17)14(3)4/h6-7H,1-5H3,(H,13,15). The van der Waals surface area contributed by atoms with E-state index in [9.17, 15) is 13.2 Å². The van der Waals surface area contributed by atoms with E-state index in [1.54, 1.807) is 19.9 Å². The fourth-order valence-corrected chi connectivity index (χ4v) is 2.79. The number of hydroxylamine groups is 1. The van der Waals surface area contributed by atoms with Gasteiger partial charge in [-0.1, -0.05) is 0 Å². The quantitative estimate of drug-likeness (QED) is 0.832. The molecular formula is C12H18N2O4S. The van der Waals surface area contributed by atoms with Crippen molar-refractivity contribution in [3.05, 3.63) is 28.8 Å². The van der Waals surface area contributed by atoms with Crippen molar-refractivity contribution in [1.29, 1.82) is 0 Å². The lowest BCUT2D eigenvalue weighted by Gasteiger charge is -2.16. The number of carbonyl (C=O) groups is 1. The van der Waals surface area contributed by atoms with Crippen LogP contribution in [0.1, 0.15) is 21.5 Å². The Morgan fingerprint density at radius 3 is 2.32 bits per heavy atom. The van der Waals surface area contributed by atoms with Crippen molar-refractivity contribution in [2.45, 2.75) is 18.7 Å². The number of sulfonamides is 1. The van der Waals surface area contributed by atoms with E-state index < -0.39 is 15.9 Å². The molecule has 19 heavy (non-hydrogen) atoms. The molecule has 106 valence electrons. The van der Waals surface area contributed by atoms with E-state index in [1.165, 1.54) is 27.3 Å². The van der Waals surface area contributed by atoms with Gasteiger partial charge in [0.1, 0.15) is 0 Å². The van der Waals surface area contributed by atoms with Crippen molar-refractivity contribution in [2.75, 3.05) is 21.2 Å². The van der Waals surface area contributed by atoms with Crippen molar-refractivity contribution >= 4 is 15.9 Å². The van der Waals surface area contributed by atoms with Gasteiger partial charge in [-0.05, 0) is 37.1 Å². The fraction of sp³-hybridized carbons (Fsp3) is 0.417. The molecule has 0 saturated heterocycles. The zero-order valence-electron chi connectivity index (χ0n) is 11.6. The second kappa shape index (κ2) is 5.68. The van der Waals surface area contributed by atoms with Crippen LogP contribution in [-0.2, 0) is 14.9 Å². The summed E-state index contributed by atoms with van der Waals surface area (Å²) in [6.45, 7) is 3.47. The van der Waals surface area contributed by atoms with Crippen LogP contribution >= 0.6 is 0 Å². The van der Waals surface area contributed by atoms with Crippen LogP contribution in [0.25, 0.3) is 0 Å². The fourth-order valence-electron chi connectivity index (χ4n) is 1.57. The number of hydrogen-bond acceptors (Lipinski definition) is 4. The van der Waals surface area contributed by atoms with Crippen molar-refractivity contribution in [1.82, 2.24) is 9.79 Å². The zero-order chi connectivity index (χ0) is 14.8. The van der Waals surface area contributed by atoms with Crippen molar-refractivity contribution in [3.63, 3.8) is 0 Å². The number of rotatable bonds is 4. The van der Waals surface area contributed by atoms with Crippen LogP contribution in [0, 0.1) is 13.8 Å². The predicted octanol–water partition coefficient (Wildman–Crippen LogP) is 0.845. The zero-order valence-corrected chi connectivity index (χ0v) is 12.5. The molecule has 1 amide bonds. The molecule has 1 N–H and O–H groups in total. The minimum Gasteiger partial charge on any atom is -0.277 e. The van der Waals surface area contributed by atoms with Crippen LogP contribution in [0.4, 0.5) is 0 Å². The first kappa shape index (κ1) is 15.6. The highest BCUT2D eigenvalue weighted by Gasteiger charge is 2.22. The lowest BCUT2D eigenvalue weighted by molar-refractivity contribution is 0.0537. The van der Waals surface area contributed by atoms with Crippen molar-refractivity contribution < 1.29 is 18.0 Å². The summed E-state index contributed by atoms with van der Waals surface area (Å²) in [6, 6.07) is 2.98. The normalized spacial score (nSPS) is 11.7. The van der Waals surface area contributed by atoms with Gasteiger partial charge in [0.05, 0.1) is 12.0 Å². The number of nitrogens with zero attached hydrogens (tertiary/aromatic N) is 1. The minimum absolute atomic E-state index is 0.124. The van der Waals surface area contributed by atoms with Gasteiger partial charge in [0, 0.05) is 19.7 Å². The van der Waals surface area contributed by atoms with Gasteiger partial charge in [0.2, 0.25) is 10.0 Å². The van der Waals surface area contributed by atoms with Crippen LogP contribution in [0.2, 0.25) is 0 Å². The molecular weight excluding hydrogens is 268 g/mol. The van der Waals surface area contributed by atoms with E-state index in [0.717, 1.165) is 9.87 Å². The van der Waals surface area contributed by atoms with Crippen LogP contribution in [0.5, 0.6) is 0 Å². The average Bonchev–Trinajstić information content (AvgIpc) is 2.32. The Morgan fingerprint density at radius 2 is 1.84 bits per heavy atom. The Labute approximate surface area is 113 Å². The Balaban J connectivity index is 3.46. The van der Waals surface area contributed by atoms with E-state index in [4.69, 9.17) is 0 Å². The molecule has 0 unspecified atom stereocenters. The van der Waals surface area contributed by atoms with Gasteiger partial charge in [-0.2, -0.15) is 0 Å². The Kier molecular flexibility index (Phi) is 4.67. The van der Waals surface area contributed by atoms with Gasteiger partial charge >= 0.3 is 0 Å². The maximum Gasteiger partial charge on any atom is 0.274 e. The van der Waals surface area contributed by atoms with Gasteiger partial charge in [0.25, 0.3) is 5.91 Å². The second-order valence-corrected chi connectivity index (χ2v) is 6.46. The molecule has 0 atom stereocenters. The molecule has 0 radical (unpaired) electrons. The maximum absolute atomic E-state index is 12.2. The summed E-state index contributed by atoms with van der Waals surface area (Å²) >= 11 is 0. The Morgan fingerprint density at radius 1 is 1.26 bits per heavy atom. The number of hydrogen-bond donors (Lipinski definition) is 1. The summed E-state index contributed by atoms with van der Waals surface area (Å²) in [5.41, 5.74) is 3.76. The van der Waals surface area contributed by atoms with E-state index in [0.29, 0.717) is 5.56 Å². The third-order valence-corrected chi connectivity index (χ3v) is 4.78. The first-order chi connectivity index (χ1) is 8.71. The van der Waals surface area contributed by atoms with Gasteiger partial charge < -0.3 is 0 Å². The molecule has 0 aliphatic carbocycles. The van der Waals surface area contributed by atoms with Crippen LogP contribution in [0.15, 0.2) is 17.0 Å². The van der Waals surface area contributed by atoms with Crippen LogP contribution in [0.3, 0.4) is 0 Å². The number of benzene rings is 1. The average molecular weight is 286 g/mol. The number of carbonyl (C=O) groups excluding carboxylic acids is 1. The number of amides is 1. The smallest absolute Gasteiger partial charge is 0.274 e. The Bertz CT molecular complexity index is 594.